The van der Waals surface area contributed by atoms with Crippen molar-refractivity contribution in [2.45, 2.75) is 19.9 Å². The molecule has 0 bridgehead atoms. The van der Waals surface area contributed by atoms with Gasteiger partial charge in [-0.05, 0) is 24.6 Å². The lowest BCUT2D eigenvalue weighted by Crippen LogP contribution is -2.31. The summed E-state index contributed by atoms with van der Waals surface area (Å²) in [5.41, 5.74) is 6.48. The fourth-order valence-electron chi connectivity index (χ4n) is 1.61. The standard InChI is InChI=1S/C13H20N2O2.ClH/c1-3-15(13(16)8-9-14)10-11-4-6-12(17-2)7-5-11;/h4-7H,3,8-10,14H2,1-2H3;1H. The van der Waals surface area contributed by atoms with Gasteiger partial charge < -0.3 is 15.4 Å². The quantitative estimate of drug-likeness (QED) is 0.859. The number of rotatable bonds is 6. The van der Waals surface area contributed by atoms with Crippen molar-refractivity contribution in [3.63, 3.8) is 0 Å². The smallest absolute Gasteiger partial charge is 0.224 e. The molecule has 4 nitrogen and oxygen atoms in total. The van der Waals surface area contributed by atoms with Crippen molar-refractivity contribution < 1.29 is 9.53 Å². The molecule has 0 aliphatic heterocycles. The summed E-state index contributed by atoms with van der Waals surface area (Å²) in [5.74, 6) is 0.927. The molecule has 0 atom stereocenters. The van der Waals surface area contributed by atoms with Crippen molar-refractivity contribution >= 4 is 18.3 Å². The molecule has 0 radical (unpaired) electrons. The van der Waals surface area contributed by atoms with Gasteiger partial charge in [0.2, 0.25) is 5.91 Å². The molecule has 1 aromatic carbocycles. The topological polar surface area (TPSA) is 55.6 Å². The summed E-state index contributed by atoms with van der Waals surface area (Å²) in [7, 11) is 1.64. The number of halogens is 1. The minimum Gasteiger partial charge on any atom is -0.497 e. The van der Waals surface area contributed by atoms with Crippen molar-refractivity contribution in [2.75, 3.05) is 20.2 Å². The summed E-state index contributed by atoms with van der Waals surface area (Å²) in [6.07, 6.45) is 0.407. The first kappa shape index (κ1) is 16.7. The first-order chi connectivity index (χ1) is 8.21. The number of nitrogens with two attached hydrogens (primary N) is 1. The number of methoxy groups -OCH3 is 1. The summed E-state index contributed by atoms with van der Waals surface area (Å²) in [5, 5.41) is 0. The molecule has 18 heavy (non-hydrogen) atoms. The molecule has 0 fully saturated rings. The van der Waals surface area contributed by atoms with E-state index in [0.29, 0.717) is 26.1 Å². The summed E-state index contributed by atoms with van der Waals surface area (Å²) in [6.45, 7) is 3.69. The van der Waals surface area contributed by atoms with E-state index in [1.165, 1.54) is 0 Å². The van der Waals surface area contributed by atoms with Crippen LogP contribution in [0, 0.1) is 0 Å². The lowest BCUT2D eigenvalue weighted by molar-refractivity contribution is -0.131. The second-order valence-corrected chi connectivity index (χ2v) is 3.79. The fourth-order valence-corrected chi connectivity index (χ4v) is 1.61. The van der Waals surface area contributed by atoms with Crippen molar-refractivity contribution in [3.8, 4) is 5.75 Å². The molecule has 1 rings (SSSR count). The van der Waals surface area contributed by atoms with Crippen LogP contribution in [0.4, 0.5) is 0 Å². The summed E-state index contributed by atoms with van der Waals surface area (Å²) in [6, 6.07) is 7.74. The van der Waals surface area contributed by atoms with E-state index in [0.717, 1.165) is 11.3 Å². The van der Waals surface area contributed by atoms with E-state index < -0.39 is 0 Å². The molecule has 102 valence electrons. The third-order valence-corrected chi connectivity index (χ3v) is 2.63. The normalized spacial score (nSPS) is 9.50. The van der Waals surface area contributed by atoms with Crippen molar-refractivity contribution in [1.29, 1.82) is 0 Å². The van der Waals surface area contributed by atoms with Gasteiger partial charge in [-0.2, -0.15) is 0 Å². The zero-order valence-corrected chi connectivity index (χ0v) is 11.7. The molecule has 1 aromatic rings. The molecule has 0 aromatic heterocycles. The predicted octanol–water partition coefficient (Wildman–Crippen LogP) is 1.81. The second-order valence-electron chi connectivity index (χ2n) is 3.79. The highest BCUT2D eigenvalue weighted by Gasteiger charge is 2.10. The van der Waals surface area contributed by atoms with Crippen molar-refractivity contribution in [3.05, 3.63) is 29.8 Å². The van der Waals surface area contributed by atoms with E-state index in [1.54, 1.807) is 12.0 Å². The van der Waals surface area contributed by atoms with Gasteiger partial charge in [-0.3, -0.25) is 4.79 Å². The molecular weight excluding hydrogens is 252 g/mol. The van der Waals surface area contributed by atoms with Gasteiger partial charge in [0.15, 0.2) is 0 Å². The maximum absolute atomic E-state index is 11.7. The number of benzene rings is 1. The third-order valence-electron chi connectivity index (χ3n) is 2.63. The number of nitrogens with zero attached hydrogens (tertiary/aromatic N) is 1. The highest BCUT2D eigenvalue weighted by molar-refractivity contribution is 5.85. The molecule has 0 heterocycles. The number of amides is 1. The van der Waals surface area contributed by atoms with Gasteiger partial charge in [0.05, 0.1) is 7.11 Å². The van der Waals surface area contributed by atoms with Crippen molar-refractivity contribution in [1.82, 2.24) is 4.90 Å². The summed E-state index contributed by atoms with van der Waals surface area (Å²) >= 11 is 0. The Hall–Kier alpha value is -1.26. The number of carbonyl (C=O) groups is 1. The average Bonchev–Trinajstić information content (AvgIpc) is 2.37. The molecule has 0 aliphatic rings. The van der Waals surface area contributed by atoms with Gasteiger partial charge in [-0.15, -0.1) is 12.4 Å². The average molecular weight is 273 g/mol. The molecule has 5 heteroatoms. The number of carbonyl (C=O) groups excluding carboxylic acids is 1. The largest absolute Gasteiger partial charge is 0.497 e. The molecular formula is C13H21ClN2O2. The van der Waals surface area contributed by atoms with Crippen LogP contribution < -0.4 is 10.5 Å². The number of ether oxygens (including phenoxy) is 1. The van der Waals surface area contributed by atoms with Gasteiger partial charge in [-0.1, -0.05) is 12.1 Å². The molecule has 0 aliphatic carbocycles. The molecule has 0 saturated heterocycles. The van der Waals surface area contributed by atoms with Crippen LogP contribution in [0.3, 0.4) is 0 Å². The highest BCUT2D eigenvalue weighted by Crippen LogP contribution is 2.13. The second kappa shape index (κ2) is 8.78. The zero-order chi connectivity index (χ0) is 12.7. The Morgan fingerprint density at radius 2 is 1.94 bits per heavy atom. The van der Waals surface area contributed by atoms with Crippen LogP contribution in [0.2, 0.25) is 0 Å². The Morgan fingerprint density at radius 1 is 1.33 bits per heavy atom. The van der Waals surface area contributed by atoms with Gasteiger partial charge in [-0.25, -0.2) is 0 Å². The Morgan fingerprint density at radius 3 is 2.39 bits per heavy atom. The maximum Gasteiger partial charge on any atom is 0.224 e. The van der Waals surface area contributed by atoms with Crippen LogP contribution in [-0.2, 0) is 11.3 Å². The van der Waals surface area contributed by atoms with E-state index in [1.807, 2.05) is 31.2 Å². The minimum absolute atomic E-state index is 0. The SMILES string of the molecule is CCN(Cc1ccc(OC)cc1)C(=O)CCN.Cl. The molecule has 0 unspecified atom stereocenters. The van der Waals surface area contributed by atoms with Crippen LogP contribution >= 0.6 is 12.4 Å². The van der Waals surface area contributed by atoms with E-state index in [4.69, 9.17) is 10.5 Å². The predicted molar refractivity (Wildman–Crippen MR) is 75.0 cm³/mol. The van der Waals surface area contributed by atoms with Crippen LogP contribution in [0.25, 0.3) is 0 Å². The van der Waals surface area contributed by atoms with E-state index in [-0.39, 0.29) is 18.3 Å². The fraction of sp³-hybridized carbons (Fsp3) is 0.462. The molecule has 2 N–H and O–H groups in total. The number of hydrogen-bond acceptors (Lipinski definition) is 3. The minimum atomic E-state index is 0. The van der Waals surface area contributed by atoms with Crippen molar-refractivity contribution in [2.24, 2.45) is 5.73 Å². The van der Waals surface area contributed by atoms with Gasteiger partial charge in [0.1, 0.15) is 5.75 Å². The van der Waals surface area contributed by atoms with E-state index in [2.05, 4.69) is 0 Å². The Balaban J connectivity index is 0.00000289. The van der Waals surface area contributed by atoms with E-state index >= 15 is 0 Å². The third kappa shape index (κ3) is 4.94. The first-order valence-electron chi connectivity index (χ1n) is 5.82. The highest BCUT2D eigenvalue weighted by atomic mass is 35.5. The summed E-state index contributed by atoms with van der Waals surface area (Å²) in [4.78, 5) is 13.5. The van der Waals surface area contributed by atoms with Crippen LogP contribution in [0.1, 0.15) is 18.9 Å². The summed E-state index contributed by atoms with van der Waals surface area (Å²) < 4.78 is 5.09. The first-order valence-corrected chi connectivity index (χ1v) is 5.82. The molecule has 0 spiro atoms. The lowest BCUT2D eigenvalue weighted by atomic mass is 10.2. The molecule has 0 saturated carbocycles. The zero-order valence-electron chi connectivity index (χ0n) is 10.9. The number of hydrogen-bond donors (Lipinski definition) is 1. The molecule has 1 amide bonds. The Kier molecular flexibility index (Phi) is 8.16. The maximum atomic E-state index is 11.7. The van der Waals surface area contributed by atoms with Gasteiger partial charge in [0.25, 0.3) is 0 Å². The lowest BCUT2D eigenvalue weighted by Gasteiger charge is -2.20. The van der Waals surface area contributed by atoms with E-state index in [9.17, 15) is 4.79 Å². The van der Waals surface area contributed by atoms with Gasteiger partial charge >= 0.3 is 0 Å². The van der Waals surface area contributed by atoms with Crippen LogP contribution in [0.15, 0.2) is 24.3 Å². The monoisotopic (exact) mass is 272 g/mol. The van der Waals surface area contributed by atoms with Crippen LogP contribution in [0.5, 0.6) is 5.75 Å². The van der Waals surface area contributed by atoms with Gasteiger partial charge in [0, 0.05) is 26.1 Å². The Labute approximate surface area is 115 Å². The van der Waals surface area contributed by atoms with Crippen LogP contribution in [-0.4, -0.2) is 31.0 Å². The Bertz CT molecular complexity index is 355.